The summed E-state index contributed by atoms with van der Waals surface area (Å²) in [6.07, 6.45) is 2.15. The van der Waals surface area contributed by atoms with Crippen LogP contribution >= 0.6 is 11.8 Å². The Morgan fingerprint density at radius 2 is 2.19 bits per heavy atom. The van der Waals surface area contributed by atoms with Crippen molar-refractivity contribution in [2.24, 2.45) is 0 Å². The van der Waals surface area contributed by atoms with E-state index < -0.39 is 0 Å². The molecule has 0 aliphatic carbocycles. The van der Waals surface area contributed by atoms with E-state index in [0.29, 0.717) is 6.04 Å². The third-order valence-corrected chi connectivity index (χ3v) is 4.11. The summed E-state index contributed by atoms with van der Waals surface area (Å²) >= 11 is 2.00. The summed E-state index contributed by atoms with van der Waals surface area (Å²) in [5, 5.41) is 12.9. The largest absolute Gasteiger partial charge is 0.395 e. The standard InChI is InChI=1S/C13H19NOS/c15-9-13(14-12-6-7-16-10-12)8-11-4-2-1-3-5-11/h1-5,12-15H,6-10H2/t12?,13-/m1/s1. The minimum absolute atomic E-state index is 0.200. The fraction of sp³-hybridized carbons (Fsp3) is 0.538. The Kier molecular flexibility index (Phi) is 4.69. The average molecular weight is 237 g/mol. The van der Waals surface area contributed by atoms with Crippen LogP contribution < -0.4 is 5.32 Å². The number of hydrogen-bond acceptors (Lipinski definition) is 3. The number of aliphatic hydroxyl groups is 1. The Labute approximate surface area is 101 Å². The van der Waals surface area contributed by atoms with Crippen LogP contribution in [0.3, 0.4) is 0 Å². The third-order valence-electron chi connectivity index (χ3n) is 2.95. The van der Waals surface area contributed by atoms with Crippen molar-refractivity contribution in [3.63, 3.8) is 0 Å². The first-order valence-corrected chi connectivity index (χ1v) is 7.02. The van der Waals surface area contributed by atoms with Gasteiger partial charge in [0, 0.05) is 17.8 Å². The molecule has 88 valence electrons. The Morgan fingerprint density at radius 1 is 1.38 bits per heavy atom. The summed E-state index contributed by atoms with van der Waals surface area (Å²) in [6.45, 7) is 0.218. The molecule has 1 saturated heterocycles. The second-order valence-corrected chi connectivity index (χ2v) is 5.45. The molecule has 1 aromatic carbocycles. The number of aliphatic hydroxyl groups excluding tert-OH is 1. The summed E-state index contributed by atoms with van der Waals surface area (Å²) in [6, 6.07) is 11.2. The van der Waals surface area contributed by atoms with E-state index in [9.17, 15) is 5.11 Å². The molecule has 2 rings (SSSR count). The van der Waals surface area contributed by atoms with Crippen molar-refractivity contribution in [1.82, 2.24) is 5.32 Å². The van der Waals surface area contributed by atoms with E-state index in [0.717, 1.165) is 6.42 Å². The Bertz CT molecular complexity index is 298. The number of hydrogen-bond donors (Lipinski definition) is 2. The topological polar surface area (TPSA) is 32.3 Å². The van der Waals surface area contributed by atoms with Crippen LogP contribution in [0.5, 0.6) is 0 Å². The predicted molar refractivity (Wildman–Crippen MR) is 69.9 cm³/mol. The fourth-order valence-electron chi connectivity index (χ4n) is 2.07. The van der Waals surface area contributed by atoms with Gasteiger partial charge in [0.05, 0.1) is 6.61 Å². The molecule has 16 heavy (non-hydrogen) atoms. The minimum Gasteiger partial charge on any atom is -0.395 e. The lowest BCUT2D eigenvalue weighted by molar-refractivity contribution is 0.233. The van der Waals surface area contributed by atoms with Gasteiger partial charge in [0.1, 0.15) is 0 Å². The molecule has 1 heterocycles. The highest BCUT2D eigenvalue weighted by atomic mass is 32.2. The summed E-state index contributed by atoms with van der Waals surface area (Å²) in [7, 11) is 0. The molecule has 0 amide bonds. The van der Waals surface area contributed by atoms with Gasteiger partial charge in [-0.05, 0) is 24.2 Å². The second-order valence-electron chi connectivity index (χ2n) is 4.30. The molecule has 1 aromatic rings. The molecule has 2 nitrogen and oxygen atoms in total. The van der Waals surface area contributed by atoms with Crippen LogP contribution in [0.1, 0.15) is 12.0 Å². The summed E-state index contributed by atoms with van der Waals surface area (Å²) in [5.74, 6) is 2.44. The lowest BCUT2D eigenvalue weighted by Crippen LogP contribution is -2.41. The van der Waals surface area contributed by atoms with Crippen molar-refractivity contribution >= 4 is 11.8 Å². The van der Waals surface area contributed by atoms with Gasteiger partial charge in [0.25, 0.3) is 0 Å². The number of benzene rings is 1. The highest BCUT2D eigenvalue weighted by Gasteiger charge is 2.19. The molecule has 0 spiro atoms. The van der Waals surface area contributed by atoms with E-state index in [1.165, 1.54) is 23.5 Å². The molecule has 3 heteroatoms. The van der Waals surface area contributed by atoms with Gasteiger partial charge >= 0.3 is 0 Å². The highest BCUT2D eigenvalue weighted by molar-refractivity contribution is 7.99. The van der Waals surface area contributed by atoms with Crippen molar-refractivity contribution in [2.45, 2.75) is 24.9 Å². The number of nitrogens with one attached hydrogen (secondary N) is 1. The van der Waals surface area contributed by atoms with Crippen LogP contribution in [0.15, 0.2) is 30.3 Å². The Hall–Kier alpha value is -0.510. The average Bonchev–Trinajstić information content (AvgIpc) is 2.82. The first-order chi connectivity index (χ1) is 7.88. The molecule has 2 atom stereocenters. The van der Waals surface area contributed by atoms with E-state index >= 15 is 0 Å². The van der Waals surface area contributed by atoms with E-state index in [4.69, 9.17) is 0 Å². The van der Waals surface area contributed by atoms with Crippen molar-refractivity contribution in [2.75, 3.05) is 18.1 Å². The molecular formula is C13H19NOS. The smallest absolute Gasteiger partial charge is 0.0587 e. The highest BCUT2D eigenvalue weighted by Crippen LogP contribution is 2.18. The van der Waals surface area contributed by atoms with Crippen LogP contribution in [-0.2, 0) is 6.42 Å². The lowest BCUT2D eigenvalue weighted by atomic mass is 10.1. The molecule has 1 fully saturated rings. The monoisotopic (exact) mass is 237 g/mol. The van der Waals surface area contributed by atoms with Gasteiger partial charge in [-0.2, -0.15) is 11.8 Å². The molecule has 0 bridgehead atoms. The minimum atomic E-state index is 0.200. The molecule has 1 unspecified atom stereocenters. The Morgan fingerprint density at radius 3 is 2.81 bits per heavy atom. The first-order valence-electron chi connectivity index (χ1n) is 5.87. The maximum atomic E-state index is 9.38. The second kappa shape index (κ2) is 6.28. The van der Waals surface area contributed by atoms with Crippen molar-refractivity contribution in [3.8, 4) is 0 Å². The SMILES string of the molecule is OC[C@@H](Cc1ccccc1)NC1CCSC1. The lowest BCUT2D eigenvalue weighted by Gasteiger charge is -2.20. The van der Waals surface area contributed by atoms with Crippen LogP contribution in [0, 0.1) is 0 Å². The van der Waals surface area contributed by atoms with Crippen molar-refractivity contribution in [1.29, 1.82) is 0 Å². The van der Waals surface area contributed by atoms with Crippen LogP contribution in [0.2, 0.25) is 0 Å². The normalized spacial score (nSPS) is 22.2. The van der Waals surface area contributed by atoms with E-state index in [2.05, 4.69) is 29.6 Å². The number of thioether (sulfide) groups is 1. The molecular weight excluding hydrogens is 218 g/mol. The Balaban J connectivity index is 1.85. The molecule has 0 aromatic heterocycles. The van der Waals surface area contributed by atoms with Crippen LogP contribution in [0.25, 0.3) is 0 Å². The summed E-state index contributed by atoms with van der Waals surface area (Å²) in [4.78, 5) is 0. The fourth-order valence-corrected chi connectivity index (χ4v) is 3.24. The first kappa shape index (κ1) is 12.0. The molecule has 0 saturated carbocycles. The van der Waals surface area contributed by atoms with Gasteiger partial charge < -0.3 is 10.4 Å². The summed E-state index contributed by atoms with van der Waals surface area (Å²) in [5.41, 5.74) is 1.29. The number of rotatable bonds is 5. The molecule has 0 radical (unpaired) electrons. The van der Waals surface area contributed by atoms with Crippen molar-refractivity contribution < 1.29 is 5.11 Å². The predicted octanol–water partition coefficient (Wildman–Crippen LogP) is 1.69. The van der Waals surface area contributed by atoms with Crippen LogP contribution in [0.4, 0.5) is 0 Å². The zero-order chi connectivity index (χ0) is 11.2. The molecule has 1 aliphatic rings. The maximum Gasteiger partial charge on any atom is 0.0587 e. The van der Waals surface area contributed by atoms with Gasteiger partial charge in [-0.1, -0.05) is 30.3 Å². The molecule has 2 N–H and O–H groups in total. The van der Waals surface area contributed by atoms with Gasteiger partial charge in [0.15, 0.2) is 0 Å². The van der Waals surface area contributed by atoms with Gasteiger partial charge in [0.2, 0.25) is 0 Å². The van der Waals surface area contributed by atoms with Crippen molar-refractivity contribution in [3.05, 3.63) is 35.9 Å². The molecule has 1 aliphatic heterocycles. The summed E-state index contributed by atoms with van der Waals surface area (Å²) < 4.78 is 0. The van der Waals surface area contributed by atoms with Gasteiger partial charge in [-0.15, -0.1) is 0 Å². The van der Waals surface area contributed by atoms with E-state index in [1.54, 1.807) is 0 Å². The quantitative estimate of drug-likeness (QED) is 0.817. The van der Waals surface area contributed by atoms with Crippen LogP contribution in [-0.4, -0.2) is 35.3 Å². The maximum absolute atomic E-state index is 9.38. The van der Waals surface area contributed by atoms with Gasteiger partial charge in [-0.3, -0.25) is 0 Å². The zero-order valence-corrected chi connectivity index (χ0v) is 10.2. The third kappa shape index (κ3) is 3.51. The van der Waals surface area contributed by atoms with E-state index in [1.807, 2.05) is 17.8 Å². The van der Waals surface area contributed by atoms with E-state index in [-0.39, 0.29) is 12.6 Å². The van der Waals surface area contributed by atoms with Gasteiger partial charge in [-0.25, -0.2) is 0 Å². The zero-order valence-electron chi connectivity index (χ0n) is 9.43.